The molecule has 0 radical (unpaired) electrons. The summed E-state index contributed by atoms with van der Waals surface area (Å²) in [5.74, 6) is 1.15. The lowest BCUT2D eigenvalue weighted by Crippen LogP contribution is -2.36. The van der Waals surface area contributed by atoms with E-state index in [0.717, 1.165) is 43.5 Å². The molecule has 1 heterocycles. The molecule has 186 valence electrons. The number of alkyl carbamates (subject to hydrolysis) is 1. The Balaban J connectivity index is 1.74. The highest BCUT2D eigenvalue weighted by atomic mass is 16.5. The van der Waals surface area contributed by atoms with Gasteiger partial charge in [-0.1, -0.05) is 18.2 Å². The number of esters is 1. The van der Waals surface area contributed by atoms with Crippen LogP contribution in [0.5, 0.6) is 5.75 Å². The summed E-state index contributed by atoms with van der Waals surface area (Å²) in [5, 5.41) is 18.2. The van der Waals surface area contributed by atoms with Crippen LogP contribution >= 0.6 is 0 Å². The summed E-state index contributed by atoms with van der Waals surface area (Å²) in [5.41, 5.74) is 2.34. The number of rotatable bonds is 7. The molecule has 0 spiro atoms. The smallest absolute Gasteiger partial charge is 0.412 e. The lowest BCUT2D eigenvalue weighted by atomic mass is 9.94. The van der Waals surface area contributed by atoms with E-state index in [-0.39, 0.29) is 5.84 Å². The van der Waals surface area contributed by atoms with Gasteiger partial charge in [0.2, 0.25) is 0 Å². The van der Waals surface area contributed by atoms with E-state index in [2.05, 4.69) is 15.0 Å². The van der Waals surface area contributed by atoms with Gasteiger partial charge in [0.1, 0.15) is 11.6 Å². The normalized spacial score (nSPS) is 13.6. The molecule has 9 nitrogen and oxygen atoms in total. The van der Waals surface area contributed by atoms with Gasteiger partial charge in [0.05, 0.1) is 32.2 Å². The first-order valence-electron chi connectivity index (χ1n) is 11.5. The molecule has 3 N–H and O–H groups in total. The number of methoxy groups -OCH3 is 2. The Labute approximate surface area is 205 Å². The minimum Gasteiger partial charge on any atom is -0.494 e. The van der Waals surface area contributed by atoms with E-state index in [1.807, 2.05) is 19.1 Å². The molecule has 1 amide bonds. The highest BCUT2D eigenvalue weighted by molar-refractivity contribution is 6.05. The molecule has 0 aromatic heterocycles. The van der Waals surface area contributed by atoms with Gasteiger partial charge in [-0.25, -0.2) is 9.59 Å². The number of hydrogen-bond acceptors (Lipinski definition) is 7. The molecule has 9 heteroatoms. The molecule has 0 aliphatic carbocycles. The average Bonchev–Trinajstić information content (AvgIpc) is 2.88. The van der Waals surface area contributed by atoms with Crippen molar-refractivity contribution in [1.82, 2.24) is 10.2 Å². The molecule has 0 bridgehead atoms. The van der Waals surface area contributed by atoms with Crippen LogP contribution < -0.4 is 10.1 Å². The molecule has 0 unspecified atom stereocenters. The van der Waals surface area contributed by atoms with Crippen molar-refractivity contribution in [2.45, 2.75) is 26.2 Å². The lowest BCUT2D eigenvalue weighted by Gasteiger charge is -2.32. The standard InChI is InChI=1S/C26H32N4O5/c1-17(27)30-10-7-18(8-11-30)9-12-35-23-15-21(14-22(16-23)25(31)33-2)19-5-4-6-20(13-19)24(28)29-26(32)34-3/h4-6,13-16,18,27H,7-12H2,1-3H3,(H2,28,29,32). The monoisotopic (exact) mass is 480 g/mol. The van der Waals surface area contributed by atoms with Gasteiger partial charge < -0.3 is 19.1 Å². The van der Waals surface area contributed by atoms with E-state index < -0.39 is 12.1 Å². The minimum absolute atomic E-state index is 0.0939. The van der Waals surface area contributed by atoms with Gasteiger partial charge >= 0.3 is 12.1 Å². The summed E-state index contributed by atoms with van der Waals surface area (Å²) in [7, 11) is 2.57. The van der Waals surface area contributed by atoms with E-state index in [1.165, 1.54) is 14.2 Å². The molecule has 3 rings (SSSR count). The molecule has 1 aliphatic heterocycles. The molecule has 1 saturated heterocycles. The molecule has 2 aromatic rings. The molecule has 1 aliphatic rings. The van der Waals surface area contributed by atoms with Crippen molar-refractivity contribution in [1.29, 1.82) is 10.8 Å². The summed E-state index contributed by atoms with van der Waals surface area (Å²) in [6.45, 7) is 4.14. The molecule has 35 heavy (non-hydrogen) atoms. The third kappa shape index (κ3) is 7.05. The number of likely N-dealkylation sites (tertiary alicyclic amines) is 1. The second kappa shape index (κ2) is 12.0. The predicted octanol–water partition coefficient (Wildman–Crippen LogP) is 4.30. The third-order valence-corrected chi connectivity index (χ3v) is 6.11. The van der Waals surface area contributed by atoms with Crippen LogP contribution in [0.25, 0.3) is 11.1 Å². The number of carbonyl (C=O) groups excluding carboxylic acids is 2. The number of benzene rings is 2. The van der Waals surface area contributed by atoms with Gasteiger partial charge in [0.15, 0.2) is 0 Å². The van der Waals surface area contributed by atoms with Gasteiger partial charge in [-0.3, -0.25) is 16.1 Å². The number of ether oxygens (including phenoxy) is 3. The first-order valence-corrected chi connectivity index (χ1v) is 11.5. The van der Waals surface area contributed by atoms with Crippen molar-refractivity contribution in [3.8, 4) is 16.9 Å². The van der Waals surface area contributed by atoms with E-state index in [9.17, 15) is 9.59 Å². The summed E-state index contributed by atoms with van der Waals surface area (Å²) >= 11 is 0. The van der Waals surface area contributed by atoms with Crippen LogP contribution in [0.4, 0.5) is 4.79 Å². The Kier molecular flexibility index (Phi) is 8.83. The van der Waals surface area contributed by atoms with Gasteiger partial charge in [-0.05, 0) is 67.5 Å². The maximum absolute atomic E-state index is 12.3. The van der Waals surface area contributed by atoms with Crippen molar-refractivity contribution >= 4 is 23.7 Å². The second-order valence-corrected chi connectivity index (χ2v) is 8.46. The highest BCUT2D eigenvalue weighted by Crippen LogP contribution is 2.28. The summed E-state index contributed by atoms with van der Waals surface area (Å²) in [4.78, 5) is 25.8. The second-order valence-electron chi connectivity index (χ2n) is 8.46. The summed E-state index contributed by atoms with van der Waals surface area (Å²) < 4.78 is 15.5. The van der Waals surface area contributed by atoms with Crippen molar-refractivity contribution < 1.29 is 23.8 Å². The van der Waals surface area contributed by atoms with Crippen molar-refractivity contribution in [3.05, 3.63) is 53.6 Å². The number of nitrogens with zero attached hydrogens (tertiary/aromatic N) is 1. The zero-order valence-corrected chi connectivity index (χ0v) is 20.3. The Morgan fingerprint density at radius 1 is 1.00 bits per heavy atom. The van der Waals surface area contributed by atoms with Crippen LogP contribution in [-0.2, 0) is 9.47 Å². The van der Waals surface area contributed by atoms with E-state index in [0.29, 0.717) is 35.2 Å². The predicted molar refractivity (Wildman–Crippen MR) is 133 cm³/mol. The van der Waals surface area contributed by atoms with Crippen molar-refractivity contribution in [2.75, 3.05) is 33.9 Å². The molecular formula is C26H32N4O5. The Bertz CT molecular complexity index is 1090. The summed E-state index contributed by atoms with van der Waals surface area (Å²) in [6, 6.07) is 12.3. The van der Waals surface area contributed by atoms with Gasteiger partial charge in [-0.15, -0.1) is 0 Å². The van der Waals surface area contributed by atoms with Crippen LogP contribution in [0.15, 0.2) is 42.5 Å². The minimum atomic E-state index is -0.720. The van der Waals surface area contributed by atoms with E-state index in [4.69, 9.17) is 20.3 Å². The number of amides is 1. The average molecular weight is 481 g/mol. The summed E-state index contributed by atoms with van der Waals surface area (Å²) in [6.07, 6.45) is 2.24. The van der Waals surface area contributed by atoms with Crippen LogP contribution in [0, 0.1) is 16.7 Å². The fourth-order valence-electron chi connectivity index (χ4n) is 4.06. The molecule has 2 aromatic carbocycles. The van der Waals surface area contributed by atoms with Crippen LogP contribution in [0.2, 0.25) is 0 Å². The first-order chi connectivity index (χ1) is 16.8. The fourth-order valence-corrected chi connectivity index (χ4v) is 4.06. The van der Waals surface area contributed by atoms with Crippen LogP contribution in [0.3, 0.4) is 0 Å². The maximum atomic E-state index is 12.3. The van der Waals surface area contributed by atoms with Gasteiger partial charge in [-0.2, -0.15) is 0 Å². The Hall–Kier alpha value is -3.88. The van der Waals surface area contributed by atoms with Crippen LogP contribution in [0.1, 0.15) is 42.1 Å². The van der Waals surface area contributed by atoms with Gasteiger partial charge in [0.25, 0.3) is 0 Å². The van der Waals surface area contributed by atoms with E-state index in [1.54, 1.807) is 30.3 Å². The number of carbonyl (C=O) groups is 2. The zero-order valence-electron chi connectivity index (χ0n) is 20.3. The third-order valence-electron chi connectivity index (χ3n) is 6.11. The highest BCUT2D eigenvalue weighted by Gasteiger charge is 2.19. The number of piperidine rings is 1. The zero-order chi connectivity index (χ0) is 25.4. The number of amidine groups is 2. The van der Waals surface area contributed by atoms with Crippen molar-refractivity contribution in [2.24, 2.45) is 5.92 Å². The quantitative estimate of drug-likeness (QED) is 0.308. The van der Waals surface area contributed by atoms with Crippen LogP contribution in [-0.4, -0.2) is 62.5 Å². The Morgan fingerprint density at radius 3 is 2.37 bits per heavy atom. The Morgan fingerprint density at radius 2 is 1.71 bits per heavy atom. The number of hydrogen-bond donors (Lipinski definition) is 3. The molecule has 0 saturated carbocycles. The van der Waals surface area contributed by atoms with Gasteiger partial charge in [0, 0.05) is 18.7 Å². The molecule has 0 atom stereocenters. The van der Waals surface area contributed by atoms with E-state index >= 15 is 0 Å². The first kappa shape index (κ1) is 25.7. The maximum Gasteiger partial charge on any atom is 0.412 e. The molecule has 1 fully saturated rings. The number of nitrogens with one attached hydrogen (secondary N) is 3. The van der Waals surface area contributed by atoms with Crippen molar-refractivity contribution in [3.63, 3.8) is 0 Å². The largest absolute Gasteiger partial charge is 0.494 e. The fraction of sp³-hybridized carbons (Fsp3) is 0.385. The topological polar surface area (TPSA) is 125 Å². The lowest BCUT2D eigenvalue weighted by molar-refractivity contribution is 0.0600. The SMILES string of the molecule is COC(=O)NC(=N)c1cccc(-c2cc(OCCC3CCN(C(C)=N)CC3)cc(C(=O)OC)c2)c1. The molecular weight excluding hydrogens is 448 g/mol.